The molecule has 2 amide bonds. The summed E-state index contributed by atoms with van der Waals surface area (Å²) in [5.41, 5.74) is -0.509. The van der Waals surface area contributed by atoms with Gasteiger partial charge in [-0.25, -0.2) is 14.4 Å². The van der Waals surface area contributed by atoms with Gasteiger partial charge in [-0.3, -0.25) is 4.79 Å². The largest absolute Gasteiger partial charge is 0.508 e. The number of hydrogen-bond acceptors (Lipinski definition) is 9. The fourth-order valence-corrected chi connectivity index (χ4v) is 4.07. The van der Waals surface area contributed by atoms with E-state index in [4.69, 9.17) is 14.6 Å². The summed E-state index contributed by atoms with van der Waals surface area (Å²) in [6.45, 7) is 5.80. The fraction of sp³-hybridized carbons (Fsp3) is 0.455. The number of nitrogens with one attached hydrogen (secondary N) is 2. The Bertz CT molecular complexity index is 1000. The quantitative estimate of drug-likeness (QED) is 0.307. The zero-order chi connectivity index (χ0) is 25.6. The van der Waals surface area contributed by atoms with Crippen LogP contribution in [0.3, 0.4) is 0 Å². The summed E-state index contributed by atoms with van der Waals surface area (Å²) in [6, 6.07) is -1.00. The molecule has 186 valence electrons. The Morgan fingerprint density at radius 3 is 2.56 bits per heavy atom. The Kier molecular flexibility index (Phi) is 8.80. The average Bonchev–Trinajstić information content (AvgIpc) is 2.70. The third-order valence-corrected chi connectivity index (χ3v) is 5.67. The van der Waals surface area contributed by atoms with Crippen LogP contribution in [0.25, 0.3) is 0 Å². The number of alkyl carbamates (subject to hydrolysis) is 1. The smallest absolute Gasteiger partial charge is 0.408 e. The number of benzene rings is 1. The molecule has 0 spiro atoms. The van der Waals surface area contributed by atoms with Crippen molar-refractivity contribution < 1.29 is 44.0 Å². The number of fused-ring (bicyclic) bond motifs is 1. The van der Waals surface area contributed by atoms with E-state index in [-0.39, 0.29) is 39.7 Å². The second kappa shape index (κ2) is 11.1. The van der Waals surface area contributed by atoms with Crippen LogP contribution in [-0.2, 0) is 24.8 Å². The number of amides is 2. The maximum atomic E-state index is 12.9. The van der Waals surface area contributed by atoms with Crippen molar-refractivity contribution in [2.24, 2.45) is 0 Å². The Balaban J connectivity index is 2.42. The van der Waals surface area contributed by atoms with Crippen LogP contribution in [0.4, 0.5) is 4.79 Å². The highest BCUT2D eigenvalue weighted by Gasteiger charge is 2.30. The van der Waals surface area contributed by atoms with Gasteiger partial charge < -0.3 is 35.4 Å². The maximum Gasteiger partial charge on any atom is 0.408 e. The van der Waals surface area contributed by atoms with Gasteiger partial charge in [-0.05, 0) is 27.7 Å². The predicted octanol–water partition coefficient (Wildman–Crippen LogP) is 1.83. The molecule has 1 heterocycles. The minimum Gasteiger partial charge on any atom is -0.508 e. The molecule has 1 aromatic rings. The molecule has 0 fully saturated rings. The molecule has 1 aliphatic heterocycles. The monoisotopic (exact) mass is 496 g/mol. The number of aliphatic carboxylic acids is 1. The Morgan fingerprint density at radius 1 is 1.26 bits per heavy atom. The SMILES string of the molecule is Cc1c(O)cc(O)c2c1C(=O)OC[C@H](NC(=O)OC(C)(C)C)C(=O)N[C@@H](C=CC(=O)O)CSC2. The van der Waals surface area contributed by atoms with Crippen LogP contribution in [-0.4, -0.2) is 69.3 Å². The van der Waals surface area contributed by atoms with Gasteiger partial charge in [0.25, 0.3) is 0 Å². The molecule has 0 aliphatic carbocycles. The fourth-order valence-electron chi connectivity index (χ4n) is 3.01. The number of phenolic OH excluding ortho intramolecular Hbond substituents is 2. The lowest BCUT2D eigenvalue weighted by atomic mass is 10.0. The van der Waals surface area contributed by atoms with Gasteiger partial charge in [-0.15, -0.1) is 0 Å². The number of thioether (sulfide) groups is 1. The minimum absolute atomic E-state index is 0.0559. The summed E-state index contributed by atoms with van der Waals surface area (Å²) in [6.07, 6.45) is 1.23. The highest BCUT2D eigenvalue weighted by Crippen LogP contribution is 2.35. The average molecular weight is 497 g/mol. The van der Waals surface area contributed by atoms with Gasteiger partial charge in [0.05, 0.1) is 11.6 Å². The first kappa shape index (κ1) is 26.8. The van der Waals surface area contributed by atoms with E-state index in [1.54, 1.807) is 20.8 Å². The van der Waals surface area contributed by atoms with Gasteiger partial charge in [0, 0.05) is 34.8 Å². The van der Waals surface area contributed by atoms with E-state index in [0.717, 1.165) is 12.1 Å². The van der Waals surface area contributed by atoms with Crippen molar-refractivity contribution in [3.05, 3.63) is 34.9 Å². The lowest BCUT2D eigenvalue weighted by Gasteiger charge is -2.25. The second-order valence-electron chi connectivity index (χ2n) is 8.52. The Hall–Kier alpha value is -3.41. The van der Waals surface area contributed by atoms with E-state index < -0.39 is 48.2 Å². The van der Waals surface area contributed by atoms with E-state index in [1.165, 1.54) is 24.8 Å². The van der Waals surface area contributed by atoms with Gasteiger partial charge in [-0.1, -0.05) is 6.08 Å². The summed E-state index contributed by atoms with van der Waals surface area (Å²) in [4.78, 5) is 48.9. The number of cyclic esters (lactones) is 1. The summed E-state index contributed by atoms with van der Waals surface area (Å²) >= 11 is 1.21. The second-order valence-corrected chi connectivity index (χ2v) is 9.55. The molecular weight excluding hydrogens is 468 g/mol. The lowest BCUT2D eigenvalue weighted by molar-refractivity contribution is -0.131. The van der Waals surface area contributed by atoms with E-state index >= 15 is 0 Å². The molecule has 12 heteroatoms. The van der Waals surface area contributed by atoms with E-state index in [9.17, 15) is 29.4 Å². The molecule has 1 aromatic carbocycles. The summed E-state index contributed by atoms with van der Waals surface area (Å²) in [5, 5.41) is 34.3. The van der Waals surface area contributed by atoms with Crippen LogP contribution < -0.4 is 10.6 Å². The van der Waals surface area contributed by atoms with Crippen molar-refractivity contribution in [1.29, 1.82) is 0 Å². The molecule has 0 saturated heterocycles. The van der Waals surface area contributed by atoms with Crippen LogP contribution in [0.5, 0.6) is 11.5 Å². The number of hydrogen-bond donors (Lipinski definition) is 5. The van der Waals surface area contributed by atoms with Crippen molar-refractivity contribution in [3.63, 3.8) is 0 Å². The van der Waals surface area contributed by atoms with Gasteiger partial charge in [0.2, 0.25) is 5.91 Å². The van der Waals surface area contributed by atoms with Crippen molar-refractivity contribution in [3.8, 4) is 11.5 Å². The first-order valence-corrected chi connectivity index (χ1v) is 11.4. The van der Waals surface area contributed by atoms with E-state index in [2.05, 4.69) is 10.6 Å². The molecule has 0 unspecified atom stereocenters. The number of aromatic hydroxyl groups is 2. The molecular formula is C22H28N2O9S. The highest BCUT2D eigenvalue weighted by molar-refractivity contribution is 7.98. The Morgan fingerprint density at radius 2 is 1.94 bits per heavy atom. The van der Waals surface area contributed by atoms with Crippen LogP contribution in [0.1, 0.15) is 42.3 Å². The van der Waals surface area contributed by atoms with Gasteiger partial charge in [0.15, 0.2) is 0 Å². The van der Waals surface area contributed by atoms with E-state index in [1.807, 2.05) is 0 Å². The number of carbonyl (C=O) groups excluding carboxylic acids is 3. The third-order valence-electron chi connectivity index (χ3n) is 4.58. The molecule has 34 heavy (non-hydrogen) atoms. The zero-order valence-corrected chi connectivity index (χ0v) is 20.0. The summed E-state index contributed by atoms with van der Waals surface area (Å²) in [7, 11) is 0. The van der Waals surface area contributed by atoms with Crippen molar-refractivity contribution in [2.45, 2.75) is 51.1 Å². The van der Waals surface area contributed by atoms with Gasteiger partial charge in [-0.2, -0.15) is 11.8 Å². The topological polar surface area (TPSA) is 171 Å². The molecule has 0 saturated carbocycles. The summed E-state index contributed by atoms with van der Waals surface area (Å²) < 4.78 is 10.4. The lowest BCUT2D eigenvalue weighted by Crippen LogP contribution is -2.53. The molecule has 11 nitrogen and oxygen atoms in total. The standard InChI is InChI=1S/C22H28N2O9S/c1-11-15(25)7-16(26)13-10-34-9-12(5-6-17(27)28)23-19(29)14(8-32-20(30)18(11)13)24-21(31)33-22(2,3)4/h5-7,12,14,25-26H,8-10H2,1-4H3,(H,23,29)(H,24,31)(H,27,28)/t12-,14-/m0/s1. The van der Waals surface area contributed by atoms with Crippen molar-refractivity contribution in [2.75, 3.05) is 12.4 Å². The number of phenols is 2. The molecule has 0 radical (unpaired) electrons. The van der Waals surface area contributed by atoms with Crippen molar-refractivity contribution in [1.82, 2.24) is 10.6 Å². The van der Waals surface area contributed by atoms with Gasteiger partial charge >= 0.3 is 18.0 Å². The minimum atomic E-state index is -1.36. The number of esters is 1. The Labute approximate surface area is 200 Å². The third kappa shape index (κ3) is 7.58. The molecule has 0 bridgehead atoms. The van der Waals surface area contributed by atoms with Gasteiger partial charge in [0.1, 0.15) is 29.7 Å². The molecule has 1 aliphatic rings. The molecule has 2 rings (SSSR count). The van der Waals surface area contributed by atoms with E-state index in [0.29, 0.717) is 0 Å². The number of carbonyl (C=O) groups is 4. The number of ether oxygens (including phenoxy) is 2. The number of carboxylic acid groups (broad SMARTS) is 1. The first-order valence-electron chi connectivity index (χ1n) is 10.3. The highest BCUT2D eigenvalue weighted by atomic mass is 32.2. The zero-order valence-electron chi connectivity index (χ0n) is 19.2. The normalized spacial score (nSPS) is 19.8. The first-order chi connectivity index (χ1) is 15.8. The number of rotatable bonds is 3. The molecule has 0 aromatic heterocycles. The van der Waals surface area contributed by atoms with Crippen LogP contribution in [0.2, 0.25) is 0 Å². The van der Waals surface area contributed by atoms with Crippen LogP contribution in [0.15, 0.2) is 18.2 Å². The molecule has 2 atom stereocenters. The molecule has 5 N–H and O–H groups in total. The summed E-state index contributed by atoms with van der Waals surface area (Å²) in [5.74, 6) is -3.16. The predicted molar refractivity (Wildman–Crippen MR) is 123 cm³/mol. The van der Waals surface area contributed by atoms with Crippen LogP contribution in [0, 0.1) is 6.92 Å². The van der Waals surface area contributed by atoms with Crippen LogP contribution >= 0.6 is 11.8 Å². The van der Waals surface area contributed by atoms with Crippen molar-refractivity contribution >= 4 is 35.7 Å². The maximum absolute atomic E-state index is 12.9. The number of carboxylic acids is 1.